The van der Waals surface area contributed by atoms with Crippen LogP contribution in [0.2, 0.25) is 0 Å². The molecule has 3 heteroatoms. The molecular weight excluding hydrogens is 272 g/mol. The zero-order chi connectivity index (χ0) is 16.4. The van der Waals surface area contributed by atoms with Gasteiger partial charge in [0.25, 0.3) is 0 Å². The summed E-state index contributed by atoms with van der Waals surface area (Å²) in [6.45, 7) is 7.44. The Labute approximate surface area is 134 Å². The summed E-state index contributed by atoms with van der Waals surface area (Å²) in [5.41, 5.74) is 15.7. The number of ether oxygens (including phenoxy) is 1. The monoisotopic (exact) mass is 300 g/mol. The van der Waals surface area contributed by atoms with Crippen molar-refractivity contribution in [2.75, 3.05) is 18.9 Å². The van der Waals surface area contributed by atoms with Gasteiger partial charge in [-0.25, -0.2) is 0 Å². The minimum atomic E-state index is 0.534. The van der Waals surface area contributed by atoms with Crippen molar-refractivity contribution in [2.45, 2.75) is 33.6 Å². The van der Waals surface area contributed by atoms with Gasteiger partial charge in [0.15, 0.2) is 0 Å². The highest BCUT2D eigenvalue weighted by atomic mass is 16.5. The number of aryl methyl sites for hydroxylation is 1. The molecule has 0 aliphatic carbocycles. The lowest BCUT2D eigenvalue weighted by Crippen LogP contribution is -2.10. The van der Waals surface area contributed by atoms with Gasteiger partial charge in [0, 0.05) is 12.2 Å². The normalized spacial score (nSPS) is 9.82. The third-order valence-corrected chi connectivity index (χ3v) is 3.07. The van der Waals surface area contributed by atoms with Gasteiger partial charge in [-0.1, -0.05) is 38.5 Å². The van der Waals surface area contributed by atoms with Crippen LogP contribution in [0, 0.1) is 6.92 Å². The summed E-state index contributed by atoms with van der Waals surface area (Å²) in [6, 6.07) is 14.2. The van der Waals surface area contributed by atoms with Gasteiger partial charge in [-0.3, -0.25) is 0 Å². The van der Waals surface area contributed by atoms with Crippen LogP contribution in [0.5, 0.6) is 5.75 Å². The Morgan fingerprint density at radius 1 is 1.00 bits per heavy atom. The Bertz CT molecular complexity index is 550. The van der Waals surface area contributed by atoms with Gasteiger partial charge in [0.1, 0.15) is 12.4 Å². The molecule has 0 saturated carbocycles. The first-order chi connectivity index (χ1) is 10.6. The molecule has 120 valence electrons. The SMILES string of the molecule is CCC.Cc1cc(OCCN)ccc1Cc1ccc(N)cc1. The first-order valence-electron chi connectivity index (χ1n) is 7.87. The maximum absolute atomic E-state index is 5.69. The molecule has 0 unspecified atom stereocenters. The van der Waals surface area contributed by atoms with Crippen LogP contribution in [0.3, 0.4) is 0 Å². The van der Waals surface area contributed by atoms with E-state index in [0.717, 1.165) is 17.9 Å². The molecule has 0 aliphatic rings. The van der Waals surface area contributed by atoms with Crippen molar-refractivity contribution in [1.29, 1.82) is 0 Å². The standard InChI is InChI=1S/C16H20N2O.C3H8/c1-12-10-16(19-9-8-17)7-4-14(12)11-13-2-5-15(18)6-3-13;1-3-2/h2-7,10H,8-9,11,17-18H2,1H3;3H2,1-2H3. The molecule has 0 aromatic heterocycles. The number of benzene rings is 2. The summed E-state index contributed by atoms with van der Waals surface area (Å²) < 4.78 is 5.52. The van der Waals surface area contributed by atoms with E-state index in [1.54, 1.807) is 0 Å². The molecular formula is C19H28N2O. The van der Waals surface area contributed by atoms with E-state index in [1.165, 1.54) is 23.1 Å². The molecule has 0 atom stereocenters. The number of nitrogens with two attached hydrogens (primary N) is 2. The third-order valence-electron chi connectivity index (χ3n) is 3.07. The fourth-order valence-corrected chi connectivity index (χ4v) is 1.99. The average Bonchev–Trinajstić information content (AvgIpc) is 2.50. The summed E-state index contributed by atoms with van der Waals surface area (Å²) in [7, 11) is 0. The van der Waals surface area contributed by atoms with Crippen LogP contribution in [-0.2, 0) is 6.42 Å². The molecule has 0 bridgehead atoms. The van der Waals surface area contributed by atoms with Crippen LogP contribution >= 0.6 is 0 Å². The summed E-state index contributed by atoms with van der Waals surface area (Å²) in [5.74, 6) is 0.879. The van der Waals surface area contributed by atoms with Gasteiger partial charge in [-0.05, 0) is 54.3 Å². The largest absolute Gasteiger partial charge is 0.492 e. The minimum Gasteiger partial charge on any atom is -0.492 e. The van der Waals surface area contributed by atoms with E-state index < -0.39 is 0 Å². The van der Waals surface area contributed by atoms with Crippen LogP contribution < -0.4 is 16.2 Å². The van der Waals surface area contributed by atoms with Crippen LogP contribution in [0.4, 0.5) is 5.69 Å². The maximum atomic E-state index is 5.69. The molecule has 0 aliphatic heterocycles. The van der Waals surface area contributed by atoms with Crippen molar-refractivity contribution < 1.29 is 4.74 Å². The second-order valence-electron chi connectivity index (χ2n) is 5.35. The lowest BCUT2D eigenvalue weighted by Gasteiger charge is -2.10. The molecule has 0 radical (unpaired) electrons. The molecule has 0 amide bonds. The Balaban J connectivity index is 0.000000745. The highest BCUT2D eigenvalue weighted by Crippen LogP contribution is 2.20. The fraction of sp³-hybridized carbons (Fsp3) is 0.368. The molecule has 4 N–H and O–H groups in total. The Morgan fingerprint density at radius 2 is 1.64 bits per heavy atom. The van der Waals surface area contributed by atoms with Crippen molar-refractivity contribution in [3.8, 4) is 5.75 Å². The number of hydrogen-bond acceptors (Lipinski definition) is 3. The van der Waals surface area contributed by atoms with E-state index >= 15 is 0 Å². The number of anilines is 1. The summed E-state index contributed by atoms with van der Waals surface area (Å²) in [4.78, 5) is 0. The second kappa shape index (κ2) is 9.85. The Kier molecular flexibility index (Phi) is 8.08. The van der Waals surface area contributed by atoms with E-state index in [0.29, 0.717) is 13.2 Å². The highest BCUT2D eigenvalue weighted by molar-refractivity contribution is 5.42. The molecule has 22 heavy (non-hydrogen) atoms. The fourth-order valence-electron chi connectivity index (χ4n) is 1.99. The van der Waals surface area contributed by atoms with Crippen LogP contribution in [0.15, 0.2) is 42.5 Å². The minimum absolute atomic E-state index is 0.534. The summed E-state index contributed by atoms with van der Waals surface area (Å²) in [6.07, 6.45) is 2.16. The van der Waals surface area contributed by atoms with Crippen molar-refractivity contribution in [3.05, 3.63) is 59.2 Å². The third kappa shape index (κ3) is 6.19. The van der Waals surface area contributed by atoms with Gasteiger partial charge in [-0.15, -0.1) is 0 Å². The molecule has 2 aromatic carbocycles. The molecule has 2 aromatic rings. The number of rotatable bonds is 5. The Morgan fingerprint density at radius 3 is 2.18 bits per heavy atom. The number of nitrogen functional groups attached to an aromatic ring is 1. The van der Waals surface area contributed by atoms with Crippen molar-refractivity contribution in [1.82, 2.24) is 0 Å². The van der Waals surface area contributed by atoms with Crippen LogP contribution in [0.1, 0.15) is 37.0 Å². The summed E-state index contributed by atoms with van der Waals surface area (Å²) >= 11 is 0. The van der Waals surface area contributed by atoms with Crippen LogP contribution in [-0.4, -0.2) is 13.2 Å². The van der Waals surface area contributed by atoms with E-state index in [2.05, 4.69) is 45.0 Å². The van der Waals surface area contributed by atoms with Gasteiger partial charge in [-0.2, -0.15) is 0 Å². The topological polar surface area (TPSA) is 61.3 Å². The van der Waals surface area contributed by atoms with E-state index in [1.807, 2.05) is 18.2 Å². The molecule has 0 heterocycles. The molecule has 3 nitrogen and oxygen atoms in total. The average molecular weight is 300 g/mol. The molecule has 0 saturated heterocycles. The van der Waals surface area contributed by atoms with Crippen molar-refractivity contribution >= 4 is 5.69 Å². The van der Waals surface area contributed by atoms with E-state index in [4.69, 9.17) is 16.2 Å². The van der Waals surface area contributed by atoms with Gasteiger partial charge >= 0.3 is 0 Å². The quantitative estimate of drug-likeness (QED) is 0.823. The molecule has 0 fully saturated rings. The van der Waals surface area contributed by atoms with Crippen LogP contribution in [0.25, 0.3) is 0 Å². The van der Waals surface area contributed by atoms with Crippen molar-refractivity contribution in [2.24, 2.45) is 5.73 Å². The number of hydrogen-bond donors (Lipinski definition) is 2. The lowest BCUT2D eigenvalue weighted by atomic mass is 10.0. The smallest absolute Gasteiger partial charge is 0.119 e. The van der Waals surface area contributed by atoms with E-state index in [9.17, 15) is 0 Å². The lowest BCUT2D eigenvalue weighted by molar-refractivity contribution is 0.328. The van der Waals surface area contributed by atoms with Crippen molar-refractivity contribution in [3.63, 3.8) is 0 Å². The highest BCUT2D eigenvalue weighted by Gasteiger charge is 2.02. The van der Waals surface area contributed by atoms with Gasteiger partial charge in [0.05, 0.1) is 0 Å². The molecule has 2 rings (SSSR count). The zero-order valence-corrected chi connectivity index (χ0v) is 13.9. The zero-order valence-electron chi connectivity index (χ0n) is 13.9. The van der Waals surface area contributed by atoms with Gasteiger partial charge < -0.3 is 16.2 Å². The Hall–Kier alpha value is -2.00. The van der Waals surface area contributed by atoms with E-state index in [-0.39, 0.29) is 0 Å². The second-order valence-corrected chi connectivity index (χ2v) is 5.35. The predicted molar refractivity (Wildman–Crippen MR) is 95.4 cm³/mol. The maximum Gasteiger partial charge on any atom is 0.119 e. The summed E-state index contributed by atoms with van der Waals surface area (Å²) in [5, 5.41) is 0. The first-order valence-corrected chi connectivity index (χ1v) is 7.87. The first kappa shape index (κ1) is 18.1. The van der Waals surface area contributed by atoms with Gasteiger partial charge in [0.2, 0.25) is 0 Å². The predicted octanol–water partition coefficient (Wildman–Crippen LogP) is 3.92. The molecule has 0 spiro atoms.